The summed E-state index contributed by atoms with van der Waals surface area (Å²) in [6.45, 7) is 2.22. The lowest BCUT2D eigenvalue weighted by Crippen LogP contribution is -2.13. The van der Waals surface area contributed by atoms with Gasteiger partial charge in [-0.3, -0.25) is 0 Å². The first-order valence-corrected chi connectivity index (χ1v) is 6.27. The summed E-state index contributed by atoms with van der Waals surface area (Å²) in [5.74, 6) is 0.738. The van der Waals surface area contributed by atoms with Crippen molar-refractivity contribution in [2.45, 2.75) is 43.9 Å². The molecular formula is C11H15ClS. The Morgan fingerprint density at radius 1 is 1.46 bits per heavy atom. The van der Waals surface area contributed by atoms with Crippen LogP contribution < -0.4 is 0 Å². The maximum Gasteiger partial charge on any atom is 0.0341 e. The van der Waals surface area contributed by atoms with Gasteiger partial charge < -0.3 is 0 Å². The van der Waals surface area contributed by atoms with Gasteiger partial charge in [0.05, 0.1) is 0 Å². The summed E-state index contributed by atoms with van der Waals surface area (Å²) >= 11 is 8.04. The van der Waals surface area contributed by atoms with Gasteiger partial charge in [0, 0.05) is 10.3 Å². The summed E-state index contributed by atoms with van der Waals surface area (Å²) in [4.78, 5) is 1.48. The molecule has 0 N–H and O–H groups in total. The van der Waals surface area contributed by atoms with Gasteiger partial charge in [-0.2, -0.15) is 0 Å². The Morgan fingerprint density at radius 3 is 2.92 bits per heavy atom. The quantitative estimate of drug-likeness (QED) is 0.611. The van der Waals surface area contributed by atoms with Crippen molar-refractivity contribution < 1.29 is 0 Å². The summed E-state index contributed by atoms with van der Waals surface area (Å²) in [6, 6.07) is 2.28. The first-order valence-electron chi connectivity index (χ1n) is 4.95. The number of hydrogen-bond acceptors (Lipinski definition) is 1. The number of aryl methyl sites for hydroxylation is 1. The highest BCUT2D eigenvalue weighted by Gasteiger charge is 2.22. The Morgan fingerprint density at radius 2 is 2.31 bits per heavy atom. The van der Waals surface area contributed by atoms with E-state index in [9.17, 15) is 0 Å². The van der Waals surface area contributed by atoms with Gasteiger partial charge in [-0.05, 0) is 49.1 Å². The van der Waals surface area contributed by atoms with Crippen LogP contribution in [0.5, 0.6) is 0 Å². The van der Waals surface area contributed by atoms with Gasteiger partial charge in [0.2, 0.25) is 0 Å². The van der Waals surface area contributed by atoms with E-state index in [0.717, 1.165) is 5.92 Å². The Balaban J connectivity index is 2.12. The lowest BCUT2D eigenvalue weighted by molar-refractivity contribution is 0.449. The topological polar surface area (TPSA) is 0 Å². The third-order valence-corrected chi connectivity index (χ3v) is 4.21. The number of alkyl halides is 1. The predicted molar refractivity (Wildman–Crippen MR) is 59.9 cm³/mol. The molecule has 0 radical (unpaired) electrons. The van der Waals surface area contributed by atoms with Gasteiger partial charge >= 0.3 is 0 Å². The fourth-order valence-corrected chi connectivity index (χ4v) is 3.39. The number of hydrogen-bond donors (Lipinski definition) is 0. The van der Waals surface area contributed by atoms with Crippen molar-refractivity contribution in [2.75, 3.05) is 0 Å². The van der Waals surface area contributed by atoms with Crippen LogP contribution in [0.15, 0.2) is 11.4 Å². The maximum absolute atomic E-state index is 6.18. The minimum atomic E-state index is 0.415. The molecule has 1 fully saturated rings. The molecule has 2 atom stereocenters. The minimum Gasteiger partial charge on any atom is -0.149 e. The molecule has 1 saturated carbocycles. The third-order valence-electron chi connectivity index (χ3n) is 2.95. The van der Waals surface area contributed by atoms with Crippen molar-refractivity contribution in [3.05, 3.63) is 21.9 Å². The van der Waals surface area contributed by atoms with E-state index in [1.54, 1.807) is 5.56 Å². The van der Waals surface area contributed by atoms with E-state index in [-0.39, 0.29) is 0 Å². The van der Waals surface area contributed by atoms with E-state index in [1.807, 2.05) is 11.3 Å². The maximum atomic E-state index is 6.18. The molecule has 2 heteroatoms. The van der Waals surface area contributed by atoms with Crippen LogP contribution in [-0.2, 0) is 0 Å². The molecule has 13 heavy (non-hydrogen) atoms. The number of rotatable bonds is 1. The Hall–Kier alpha value is -0.0100. The Kier molecular flexibility index (Phi) is 2.95. The molecule has 1 aliphatic carbocycles. The standard InChI is InChI=1S/C11H15ClS/c1-8-11(5-6-13-8)9-3-2-4-10(12)7-9/h5-6,9-10H,2-4,7H2,1H3. The van der Waals surface area contributed by atoms with Gasteiger partial charge in [0.15, 0.2) is 0 Å². The summed E-state index contributed by atoms with van der Waals surface area (Å²) < 4.78 is 0. The molecule has 1 aromatic rings. The van der Waals surface area contributed by atoms with E-state index >= 15 is 0 Å². The van der Waals surface area contributed by atoms with Crippen LogP contribution in [0.4, 0.5) is 0 Å². The molecule has 0 aliphatic heterocycles. The smallest absolute Gasteiger partial charge is 0.0341 e. The molecule has 1 aromatic heterocycles. The highest BCUT2D eigenvalue weighted by atomic mass is 35.5. The summed E-state index contributed by atoms with van der Waals surface area (Å²) in [6.07, 6.45) is 5.02. The van der Waals surface area contributed by atoms with Crippen LogP contribution in [-0.4, -0.2) is 5.38 Å². The molecule has 0 nitrogen and oxygen atoms in total. The molecule has 0 amide bonds. The lowest BCUT2D eigenvalue weighted by Gasteiger charge is -2.25. The average molecular weight is 215 g/mol. The lowest BCUT2D eigenvalue weighted by atomic mass is 9.84. The van der Waals surface area contributed by atoms with E-state index in [1.165, 1.54) is 30.6 Å². The summed E-state index contributed by atoms with van der Waals surface area (Å²) in [5.41, 5.74) is 1.55. The molecule has 2 rings (SSSR count). The van der Waals surface area contributed by atoms with Crippen LogP contribution in [0.1, 0.15) is 42.0 Å². The third kappa shape index (κ3) is 2.08. The molecule has 0 saturated heterocycles. The van der Waals surface area contributed by atoms with Crippen molar-refractivity contribution in [1.29, 1.82) is 0 Å². The summed E-state index contributed by atoms with van der Waals surface area (Å²) in [7, 11) is 0. The van der Waals surface area contributed by atoms with E-state index in [4.69, 9.17) is 11.6 Å². The van der Waals surface area contributed by atoms with Crippen molar-refractivity contribution in [3.63, 3.8) is 0 Å². The van der Waals surface area contributed by atoms with Crippen molar-refractivity contribution >= 4 is 22.9 Å². The van der Waals surface area contributed by atoms with Gasteiger partial charge in [0.25, 0.3) is 0 Å². The monoisotopic (exact) mass is 214 g/mol. The molecule has 2 unspecified atom stereocenters. The van der Waals surface area contributed by atoms with Crippen LogP contribution >= 0.6 is 22.9 Å². The zero-order valence-corrected chi connectivity index (χ0v) is 9.50. The van der Waals surface area contributed by atoms with E-state index in [0.29, 0.717) is 5.38 Å². The molecule has 1 aliphatic rings. The van der Waals surface area contributed by atoms with E-state index < -0.39 is 0 Å². The van der Waals surface area contributed by atoms with Gasteiger partial charge in [0.1, 0.15) is 0 Å². The minimum absolute atomic E-state index is 0.415. The molecule has 0 bridgehead atoms. The second-order valence-corrected chi connectivity index (χ2v) is 5.63. The van der Waals surface area contributed by atoms with Gasteiger partial charge in [-0.25, -0.2) is 0 Å². The van der Waals surface area contributed by atoms with Crippen LogP contribution in [0.25, 0.3) is 0 Å². The number of halogens is 1. The Labute approximate surface area is 88.9 Å². The zero-order valence-electron chi connectivity index (χ0n) is 7.92. The van der Waals surface area contributed by atoms with Crippen LogP contribution in [0.3, 0.4) is 0 Å². The van der Waals surface area contributed by atoms with E-state index in [2.05, 4.69) is 18.4 Å². The largest absolute Gasteiger partial charge is 0.149 e. The SMILES string of the molecule is Cc1sccc1C1CCCC(Cl)C1. The van der Waals surface area contributed by atoms with Crippen molar-refractivity contribution in [3.8, 4) is 0 Å². The van der Waals surface area contributed by atoms with Crippen molar-refractivity contribution in [2.24, 2.45) is 0 Å². The second-order valence-electron chi connectivity index (χ2n) is 3.89. The first-order chi connectivity index (χ1) is 6.27. The van der Waals surface area contributed by atoms with Gasteiger partial charge in [-0.15, -0.1) is 22.9 Å². The van der Waals surface area contributed by atoms with Crippen LogP contribution in [0, 0.1) is 6.92 Å². The normalized spacial score (nSPS) is 29.1. The fourth-order valence-electron chi connectivity index (χ4n) is 2.23. The predicted octanol–water partition coefficient (Wildman–Crippen LogP) is 4.32. The molecule has 0 spiro atoms. The number of thiophene rings is 1. The zero-order chi connectivity index (χ0) is 9.26. The first kappa shape index (κ1) is 9.54. The fraction of sp³-hybridized carbons (Fsp3) is 0.636. The summed E-state index contributed by atoms with van der Waals surface area (Å²) in [5, 5.41) is 2.61. The van der Waals surface area contributed by atoms with Gasteiger partial charge in [-0.1, -0.05) is 6.42 Å². The van der Waals surface area contributed by atoms with Crippen LogP contribution in [0.2, 0.25) is 0 Å². The highest BCUT2D eigenvalue weighted by Crippen LogP contribution is 2.37. The Bertz CT molecular complexity index is 279. The molecular weight excluding hydrogens is 200 g/mol. The second kappa shape index (κ2) is 4.02. The average Bonchev–Trinajstić information content (AvgIpc) is 2.51. The molecule has 72 valence electrons. The molecule has 1 heterocycles. The highest BCUT2D eigenvalue weighted by molar-refractivity contribution is 7.10. The molecule has 0 aromatic carbocycles. The van der Waals surface area contributed by atoms with Crippen molar-refractivity contribution in [1.82, 2.24) is 0 Å².